The smallest absolute Gasteiger partial charge is 0.222 e. The summed E-state index contributed by atoms with van der Waals surface area (Å²) >= 11 is 0. The topological polar surface area (TPSA) is 125 Å². The van der Waals surface area contributed by atoms with Crippen LogP contribution in [0, 0.1) is 0 Å². The van der Waals surface area contributed by atoms with Crippen molar-refractivity contribution in [1.82, 2.24) is 20.2 Å². The van der Waals surface area contributed by atoms with Crippen molar-refractivity contribution in [1.29, 1.82) is 0 Å². The minimum atomic E-state index is 0.0989. The molecule has 0 aliphatic heterocycles. The first-order chi connectivity index (χ1) is 12.0. The number of nitrogens with one attached hydrogen (secondary N) is 1. The van der Waals surface area contributed by atoms with E-state index in [2.05, 4.69) is 34.0 Å². The van der Waals surface area contributed by atoms with E-state index < -0.39 is 0 Å². The molecule has 5 N–H and O–H groups in total. The van der Waals surface area contributed by atoms with Crippen LogP contribution in [0.3, 0.4) is 0 Å². The normalized spacial score (nSPS) is 10.9. The van der Waals surface area contributed by atoms with Crippen molar-refractivity contribution in [3.8, 4) is 28.5 Å². The second kappa shape index (κ2) is 6.68. The minimum absolute atomic E-state index is 0.0989. The van der Waals surface area contributed by atoms with Crippen LogP contribution in [-0.2, 0) is 0 Å². The molecule has 0 fully saturated rings. The number of ether oxygens (including phenoxy) is 2. The summed E-state index contributed by atoms with van der Waals surface area (Å²) in [7, 11) is 1.63. The van der Waals surface area contributed by atoms with Crippen molar-refractivity contribution in [2.45, 2.75) is 19.8 Å². The Morgan fingerprint density at radius 2 is 1.92 bits per heavy atom. The van der Waals surface area contributed by atoms with Gasteiger partial charge in [-0.25, -0.2) is 4.98 Å². The first-order valence-electron chi connectivity index (χ1n) is 7.77. The fourth-order valence-corrected chi connectivity index (χ4v) is 2.50. The number of hydrogen-bond donors (Lipinski definition) is 3. The first-order valence-corrected chi connectivity index (χ1v) is 7.77. The maximum atomic E-state index is 6.00. The zero-order valence-corrected chi connectivity index (χ0v) is 14.3. The third-order valence-electron chi connectivity index (χ3n) is 3.77. The highest BCUT2D eigenvalue weighted by atomic mass is 16.5. The largest absolute Gasteiger partial charge is 0.496 e. The van der Waals surface area contributed by atoms with Crippen LogP contribution < -0.4 is 20.9 Å². The number of aromatic nitrogens is 4. The number of rotatable bonds is 5. The third kappa shape index (κ3) is 3.32. The summed E-state index contributed by atoms with van der Waals surface area (Å²) in [5.74, 6) is 2.19. The van der Waals surface area contributed by atoms with E-state index in [1.54, 1.807) is 13.3 Å². The van der Waals surface area contributed by atoms with Gasteiger partial charge in [0.1, 0.15) is 11.5 Å². The molecule has 0 saturated carbocycles. The number of methoxy groups -OCH3 is 1. The highest BCUT2D eigenvalue weighted by Crippen LogP contribution is 2.40. The molecular formula is C17H20N6O2. The number of aromatic amines is 1. The Labute approximate surface area is 145 Å². The van der Waals surface area contributed by atoms with Crippen molar-refractivity contribution >= 4 is 11.8 Å². The molecule has 0 aliphatic carbocycles. The lowest BCUT2D eigenvalue weighted by Gasteiger charge is -2.18. The maximum absolute atomic E-state index is 6.00. The summed E-state index contributed by atoms with van der Waals surface area (Å²) in [6.07, 6.45) is 3.14. The number of benzene rings is 1. The number of nitrogens with zero attached hydrogens (tertiary/aromatic N) is 3. The molecule has 0 radical (unpaired) electrons. The molecule has 2 heterocycles. The van der Waals surface area contributed by atoms with Crippen LogP contribution in [0.25, 0.3) is 11.3 Å². The van der Waals surface area contributed by atoms with E-state index in [1.165, 1.54) is 6.20 Å². The fraction of sp³-hybridized carbons (Fsp3) is 0.235. The predicted molar refractivity (Wildman–Crippen MR) is 95.6 cm³/mol. The number of hydrogen-bond acceptors (Lipinski definition) is 7. The zero-order chi connectivity index (χ0) is 18.0. The van der Waals surface area contributed by atoms with Gasteiger partial charge in [-0.2, -0.15) is 10.1 Å². The monoisotopic (exact) mass is 340 g/mol. The lowest BCUT2D eigenvalue weighted by atomic mass is 9.98. The second-order valence-corrected chi connectivity index (χ2v) is 5.80. The van der Waals surface area contributed by atoms with Gasteiger partial charge in [-0.05, 0) is 24.1 Å². The SMILES string of the molecule is COc1cc(C(C)C)c(Oc2cnc(N)nc2N)cc1-c1ccn[nH]1. The van der Waals surface area contributed by atoms with Crippen molar-refractivity contribution in [2.24, 2.45) is 0 Å². The Balaban J connectivity index is 2.11. The summed E-state index contributed by atoms with van der Waals surface area (Å²) in [5.41, 5.74) is 14.0. The van der Waals surface area contributed by atoms with E-state index in [1.807, 2.05) is 18.2 Å². The molecule has 8 heteroatoms. The molecule has 3 aromatic rings. The maximum Gasteiger partial charge on any atom is 0.222 e. The van der Waals surface area contributed by atoms with Gasteiger partial charge in [0, 0.05) is 17.3 Å². The lowest BCUT2D eigenvalue weighted by Crippen LogP contribution is -2.03. The van der Waals surface area contributed by atoms with Gasteiger partial charge >= 0.3 is 0 Å². The van der Waals surface area contributed by atoms with Crippen molar-refractivity contribution in [2.75, 3.05) is 18.6 Å². The van der Waals surface area contributed by atoms with Gasteiger partial charge in [-0.1, -0.05) is 13.8 Å². The Morgan fingerprint density at radius 1 is 1.12 bits per heavy atom. The standard InChI is InChI=1S/C17H20N6O2/c1-9(2)10-6-13(24-3)11(12-4-5-21-23-12)7-14(10)25-15-8-20-17(19)22-16(15)18/h4-9H,1-3H3,(H,21,23)(H4,18,19,20,22). The quantitative estimate of drug-likeness (QED) is 0.652. The van der Waals surface area contributed by atoms with Gasteiger partial charge in [0.05, 0.1) is 19.0 Å². The van der Waals surface area contributed by atoms with Gasteiger partial charge < -0.3 is 20.9 Å². The molecule has 130 valence electrons. The molecule has 0 spiro atoms. The Kier molecular flexibility index (Phi) is 4.42. The van der Waals surface area contributed by atoms with Gasteiger partial charge in [-0.15, -0.1) is 0 Å². The summed E-state index contributed by atoms with van der Waals surface area (Å²) in [6.45, 7) is 4.14. The molecule has 25 heavy (non-hydrogen) atoms. The van der Waals surface area contributed by atoms with E-state index in [-0.39, 0.29) is 17.7 Å². The Hall–Kier alpha value is -3.29. The zero-order valence-electron chi connectivity index (χ0n) is 14.3. The summed E-state index contributed by atoms with van der Waals surface area (Å²) in [4.78, 5) is 7.87. The Morgan fingerprint density at radius 3 is 2.52 bits per heavy atom. The average molecular weight is 340 g/mol. The van der Waals surface area contributed by atoms with Crippen LogP contribution in [0.5, 0.6) is 17.2 Å². The van der Waals surface area contributed by atoms with Crippen molar-refractivity contribution in [3.63, 3.8) is 0 Å². The first kappa shape index (κ1) is 16.6. The molecule has 0 unspecified atom stereocenters. The van der Waals surface area contributed by atoms with Crippen LogP contribution in [0.15, 0.2) is 30.6 Å². The van der Waals surface area contributed by atoms with E-state index in [0.717, 1.165) is 22.6 Å². The molecule has 0 bridgehead atoms. The van der Waals surface area contributed by atoms with Crippen LogP contribution in [0.1, 0.15) is 25.3 Å². The highest BCUT2D eigenvalue weighted by Gasteiger charge is 2.18. The third-order valence-corrected chi connectivity index (χ3v) is 3.77. The summed E-state index contributed by atoms with van der Waals surface area (Å²) < 4.78 is 11.5. The number of nitrogens with two attached hydrogens (primary N) is 2. The summed E-state index contributed by atoms with van der Waals surface area (Å²) in [5, 5.41) is 6.93. The molecule has 8 nitrogen and oxygen atoms in total. The molecule has 0 atom stereocenters. The Bertz CT molecular complexity index is 877. The van der Waals surface area contributed by atoms with Gasteiger partial charge in [0.15, 0.2) is 11.6 Å². The minimum Gasteiger partial charge on any atom is -0.496 e. The van der Waals surface area contributed by atoms with E-state index in [4.69, 9.17) is 20.9 Å². The number of anilines is 2. The van der Waals surface area contributed by atoms with Crippen LogP contribution in [0.2, 0.25) is 0 Å². The van der Waals surface area contributed by atoms with Gasteiger partial charge in [-0.3, -0.25) is 5.10 Å². The van der Waals surface area contributed by atoms with Crippen molar-refractivity contribution in [3.05, 3.63) is 36.2 Å². The highest BCUT2D eigenvalue weighted by molar-refractivity contribution is 5.71. The number of nitrogen functional groups attached to an aromatic ring is 2. The molecular weight excluding hydrogens is 320 g/mol. The molecule has 0 amide bonds. The van der Waals surface area contributed by atoms with Crippen LogP contribution in [0.4, 0.5) is 11.8 Å². The molecule has 1 aromatic carbocycles. The van der Waals surface area contributed by atoms with Crippen LogP contribution in [-0.4, -0.2) is 27.3 Å². The average Bonchev–Trinajstić information content (AvgIpc) is 3.11. The molecule has 0 saturated heterocycles. The molecule has 0 aliphatic rings. The predicted octanol–water partition coefficient (Wildman–Crippen LogP) is 2.96. The van der Waals surface area contributed by atoms with E-state index >= 15 is 0 Å². The molecule has 3 rings (SSSR count). The van der Waals surface area contributed by atoms with Gasteiger partial charge in [0.2, 0.25) is 5.95 Å². The fourth-order valence-electron chi connectivity index (χ4n) is 2.50. The van der Waals surface area contributed by atoms with Crippen molar-refractivity contribution < 1.29 is 9.47 Å². The lowest BCUT2D eigenvalue weighted by molar-refractivity contribution is 0.412. The number of H-pyrrole nitrogens is 1. The van der Waals surface area contributed by atoms with E-state index in [9.17, 15) is 0 Å². The van der Waals surface area contributed by atoms with Gasteiger partial charge in [0.25, 0.3) is 0 Å². The summed E-state index contributed by atoms with van der Waals surface area (Å²) in [6, 6.07) is 5.69. The van der Waals surface area contributed by atoms with Crippen LogP contribution >= 0.6 is 0 Å². The molecule has 2 aromatic heterocycles. The van der Waals surface area contributed by atoms with E-state index in [0.29, 0.717) is 11.5 Å². The second-order valence-electron chi connectivity index (χ2n) is 5.80.